The number of thioether (sulfide) groups is 1. The summed E-state index contributed by atoms with van der Waals surface area (Å²) in [4.78, 5) is 8.76. The van der Waals surface area contributed by atoms with Crippen LogP contribution in [0.3, 0.4) is 0 Å². The first kappa shape index (κ1) is 6.55. The van der Waals surface area contributed by atoms with Gasteiger partial charge in [-0.3, -0.25) is 0 Å². The van der Waals surface area contributed by atoms with Crippen molar-refractivity contribution in [3.8, 4) is 0 Å². The van der Waals surface area contributed by atoms with Gasteiger partial charge < -0.3 is 0 Å². The third kappa shape index (κ3) is 2.01. The molecule has 0 aliphatic heterocycles. The van der Waals surface area contributed by atoms with Crippen molar-refractivity contribution >= 4 is 11.8 Å². The predicted octanol–water partition coefficient (Wildman–Crippen LogP) is 1.40. The maximum absolute atomic E-state index is 3.84. The molecule has 0 bridgehead atoms. The third-order valence-electron chi connectivity index (χ3n) is 0.806. The van der Waals surface area contributed by atoms with Crippen LogP contribution in [0.2, 0.25) is 0 Å². The number of hydrogen-bond donors (Lipinski definition) is 0. The van der Waals surface area contributed by atoms with Crippen LogP contribution in [0.15, 0.2) is 23.6 Å². The molecule has 1 heterocycles. The quantitative estimate of drug-likeness (QED) is 0.579. The summed E-state index contributed by atoms with van der Waals surface area (Å²) in [7, 11) is 0. The Labute approximate surface area is 58.7 Å². The van der Waals surface area contributed by atoms with Crippen LogP contribution in [0, 0.1) is 6.92 Å². The van der Waals surface area contributed by atoms with Crippen LogP contribution < -0.4 is 0 Å². The van der Waals surface area contributed by atoms with E-state index in [1.54, 1.807) is 24.2 Å². The van der Waals surface area contributed by atoms with Gasteiger partial charge in [-0.1, -0.05) is 0 Å². The first-order valence-corrected chi connectivity index (χ1v) is 3.59. The monoisotopic (exact) mass is 139 g/mol. The highest BCUT2D eigenvalue weighted by Crippen LogP contribution is 2.12. The molecule has 0 aliphatic rings. The van der Waals surface area contributed by atoms with Crippen molar-refractivity contribution in [1.82, 2.24) is 9.97 Å². The second-order valence-electron chi connectivity index (χ2n) is 1.42. The molecule has 1 aromatic rings. The van der Waals surface area contributed by atoms with Crippen molar-refractivity contribution in [2.24, 2.45) is 0 Å². The molecule has 0 spiro atoms. The smallest absolute Gasteiger partial charge is 0.115 e. The van der Waals surface area contributed by atoms with Gasteiger partial charge in [0.15, 0.2) is 0 Å². The molecule has 0 saturated heterocycles. The highest BCUT2D eigenvalue weighted by Gasteiger charge is 1.87. The molecular weight excluding hydrogens is 132 g/mol. The Morgan fingerprint density at radius 3 is 2.67 bits per heavy atom. The van der Waals surface area contributed by atoms with E-state index < -0.39 is 0 Å². The van der Waals surface area contributed by atoms with Crippen molar-refractivity contribution in [3.05, 3.63) is 25.6 Å². The van der Waals surface area contributed by atoms with E-state index in [-0.39, 0.29) is 0 Å². The normalized spacial score (nSPS) is 9.44. The molecule has 0 aliphatic carbocycles. The Morgan fingerprint density at radius 2 is 2.11 bits per heavy atom. The molecule has 0 N–H and O–H groups in total. The Bertz CT molecular complexity index is 164. The molecule has 1 aromatic heterocycles. The van der Waals surface area contributed by atoms with Gasteiger partial charge in [-0.2, -0.15) is 0 Å². The first-order valence-electron chi connectivity index (χ1n) is 2.60. The highest BCUT2D eigenvalue weighted by molar-refractivity contribution is 7.99. The van der Waals surface area contributed by atoms with E-state index in [9.17, 15) is 0 Å². The lowest BCUT2D eigenvalue weighted by Crippen LogP contribution is -1.77. The predicted molar refractivity (Wildman–Crippen MR) is 38.1 cm³/mol. The van der Waals surface area contributed by atoms with Gasteiger partial charge in [-0.15, -0.1) is 11.8 Å². The molecule has 47 valence electrons. The second-order valence-corrected chi connectivity index (χ2v) is 2.59. The molecule has 0 fully saturated rings. The summed E-state index contributed by atoms with van der Waals surface area (Å²) in [6.45, 7) is 3.69. The molecule has 1 radical (unpaired) electrons. The minimum Gasteiger partial charge on any atom is -0.244 e. The van der Waals surface area contributed by atoms with Crippen molar-refractivity contribution in [3.63, 3.8) is 0 Å². The molecule has 0 amide bonds. The van der Waals surface area contributed by atoms with Gasteiger partial charge in [0, 0.05) is 17.3 Å². The lowest BCUT2D eigenvalue weighted by atomic mass is 10.7. The molecule has 0 aromatic carbocycles. The van der Waals surface area contributed by atoms with Gasteiger partial charge in [0.05, 0.1) is 0 Å². The van der Waals surface area contributed by atoms with Crippen LogP contribution in [0.4, 0.5) is 0 Å². The molecule has 0 unspecified atom stereocenters. The maximum Gasteiger partial charge on any atom is 0.115 e. The minimum atomic E-state index is 0.827. The molecular formula is C6H7N2S. The zero-order valence-electron chi connectivity index (χ0n) is 4.95. The van der Waals surface area contributed by atoms with E-state index in [1.807, 2.05) is 0 Å². The van der Waals surface area contributed by atoms with Gasteiger partial charge in [0.25, 0.3) is 0 Å². The fourth-order valence-electron chi connectivity index (χ4n) is 0.478. The zero-order valence-corrected chi connectivity index (χ0v) is 5.77. The third-order valence-corrected chi connectivity index (χ3v) is 1.55. The van der Waals surface area contributed by atoms with Crippen LogP contribution in [-0.2, 0) is 0 Å². The fourth-order valence-corrected chi connectivity index (χ4v) is 0.984. The van der Waals surface area contributed by atoms with E-state index in [2.05, 4.69) is 16.9 Å². The van der Waals surface area contributed by atoms with E-state index >= 15 is 0 Å². The zero-order chi connectivity index (χ0) is 6.53. The van der Waals surface area contributed by atoms with Crippen LogP contribution in [0.1, 0.15) is 0 Å². The van der Waals surface area contributed by atoms with Gasteiger partial charge in [0.2, 0.25) is 0 Å². The fraction of sp³-hybridized carbons (Fsp3) is 0.167. The Morgan fingerprint density at radius 1 is 1.44 bits per heavy atom. The van der Waals surface area contributed by atoms with Gasteiger partial charge in [-0.05, 0) is 12.7 Å². The van der Waals surface area contributed by atoms with Crippen LogP contribution in [0.25, 0.3) is 0 Å². The Hall–Kier alpha value is -0.570. The van der Waals surface area contributed by atoms with Crippen molar-refractivity contribution < 1.29 is 0 Å². The number of hydrogen-bond acceptors (Lipinski definition) is 3. The minimum absolute atomic E-state index is 0.827. The molecule has 9 heavy (non-hydrogen) atoms. The largest absolute Gasteiger partial charge is 0.244 e. The Kier molecular flexibility index (Phi) is 2.51. The molecule has 3 heteroatoms. The number of rotatable bonds is 2. The second kappa shape index (κ2) is 3.45. The number of nitrogens with zero attached hydrogens (tertiary/aromatic N) is 2. The van der Waals surface area contributed by atoms with Crippen LogP contribution in [0.5, 0.6) is 0 Å². The SMILES string of the molecule is [CH2]CSc1cncnc1. The number of aromatic nitrogens is 2. The molecule has 0 atom stereocenters. The van der Waals surface area contributed by atoms with Crippen LogP contribution >= 0.6 is 11.8 Å². The highest BCUT2D eigenvalue weighted by atomic mass is 32.2. The Balaban J connectivity index is 2.61. The average molecular weight is 139 g/mol. The summed E-state index contributed by atoms with van der Waals surface area (Å²) < 4.78 is 0. The summed E-state index contributed by atoms with van der Waals surface area (Å²) in [6.07, 6.45) is 5.08. The van der Waals surface area contributed by atoms with Gasteiger partial charge in [0.1, 0.15) is 6.33 Å². The lowest BCUT2D eigenvalue weighted by Gasteiger charge is -1.91. The maximum atomic E-state index is 3.84. The summed E-state index contributed by atoms with van der Waals surface area (Å²) >= 11 is 1.64. The molecule has 0 saturated carbocycles. The van der Waals surface area contributed by atoms with Gasteiger partial charge >= 0.3 is 0 Å². The van der Waals surface area contributed by atoms with Crippen molar-refractivity contribution in [1.29, 1.82) is 0 Å². The first-order chi connectivity index (χ1) is 4.43. The lowest BCUT2D eigenvalue weighted by molar-refractivity contribution is 1.10. The standard InChI is InChI=1S/C6H7N2S/c1-2-9-6-3-7-5-8-4-6/h3-5H,1-2H2. The van der Waals surface area contributed by atoms with Gasteiger partial charge in [-0.25, -0.2) is 9.97 Å². The van der Waals surface area contributed by atoms with Crippen molar-refractivity contribution in [2.75, 3.05) is 5.75 Å². The van der Waals surface area contributed by atoms with E-state index in [4.69, 9.17) is 0 Å². The summed E-state index contributed by atoms with van der Waals surface area (Å²) in [5.41, 5.74) is 0. The average Bonchev–Trinajstić information content (AvgIpc) is 1.91. The summed E-state index contributed by atoms with van der Waals surface area (Å²) in [6, 6.07) is 0. The molecule has 1 rings (SSSR count). The summed E-state index contributed by atoms with van der Waals surface area (Å²) in [5.74, 6) is 0.827. The topological polar surface area (TPSA) is 25.8 Å². The van der Waals surface area contributed by atoms with E-state index in [0.717, 1.165) is 10.6 Å². The summed E-state index contributed by atoms with van der Waals surface area (Å²) in [5, 5.41) is 0. The molecule has 2 nitrogen and oxygen atoms in total. The van der Waals surface area contributed by atoms with E-state index in [0.29, 0.717) is 0 Å². The van der Waals surface area contributed by atoms with Crippen molar-refractivity contribution in [2.45, 2.75) is 4.90 Å². The van der Waals surface area contributed by atoms with E-state index in [1.165, 1.54) is 6.33 Å². The van der Waals surface area contributed by atoms with Crippen LogP contribution in [-0.4, -0.2) is 15.7 Å².